The van der Waals surface area contributed by atoms with Gasteiger partial charge in [-0.05, 0) is 38.1 Å². The third-order valence-corrected chi connectivity index (χ3v) is 4.90. The number of aryl methyl sites for hydroxylation is 1. The zero-order valence-corrected chi connectivity index (χ0v) is 17.5. The van der Waals surface area contributed by atoms with Crippen LogP contribution < -0.4 is 10.2 Å². The second-order valence-electron chi connectivity index (χ2n) is 7.11. The van der Waals surface area contributed by atoms with E-state index in [1.165, 1.54) is 5.56 Å². The zero-order valence-electron chi connectivity index (χ0n) is 17.5. The van der Waals surface area contributed by atoms with Crippen molar-refractivity contribution in [2.45, 2.75) is 13.8 Å². The van der Waals surface area contributed by atoms with Gasteiger partial charge in [-0.2, -0.15) is 5.10 Å². The first-order chi connectivity index (χ1) is 15.2. The van der Waals surface area contributed by atoms with Crippen LogP contribution in [0.25, 0.3) is 22.2 Å². The molecule has 0 radical (unpaired) electrons. The number of ether oxygens (including phenoxy) is 1. The number of hydrazone groups is 1. The first-order valence-corrected chi connectivity index (χ1v) is 10.2. The van der Waals surface area contributed by atoms with E-state index in [0.29, 0.717) is 12.2 Å². The molecular weight excluding hydrogens is 386 g/mol. The van der Waals surface area contributed by atoms with Gasteiger partial charge in [0.25, 0.3) is 5.91 Å². The molecule has 0 atom stereocenters. The Morgan fingerprint density at radius 1 is 1.03 bits per heavy atom. The Kier molecular flexibility index (Phi) is 6.03. The first kappa shape index (κ1) is 20.3. The molecule has 31 heavy (non-hydrogen) atoms. The molecule has 5 heteroatoms. The van der Waals surface area contributed by atoms with Crippen LogP contribution in [0.1, 0.15) is 28.4 Å². The van der Waals surface area contributed by atoms with Gasteiger partial charge in [0.1, 0.15) is 5.75 Å². The van der Waals surface area contributed by atoms with Crippen molar-refractivity contribution in [2.75, 3.05) is 6.61 Å². The summed E-state index contributed by atoms with van der Waals surface area (Å²) in [5, 5.41) is 4.94. The zero-order chi connectivity index (χ0) is 21.6. The summed E-state index contributed by atoms with van der Waals surface area (Å²) in [5.74, 6) is 0.427. The fraction of sp³-hybridized carbons (Fsp3) is 0.115. The fourth-order valence-corrected chi connectivity index (χ4v) is 3.33. The normalized spacial score (nSPS) is 11.0. The maximum Gasteiger partial charge on any atom is 0.272 e. The molecule has 1 aromatic heterocycles. The van der Waals surface area contributed by atoms with Gasteiger partial charge in [-0.15, -0.1) is 0 Å². The van der Waals surface area contributed by atoms with Crippen molar-refractivity contribution in [3.8, 4) is 17.0 Å². The molecule has 0 saturated carbocycles. The highest BCUT2D eigenvalue weighted by atomic mass is 16.5. The Morgan fingerprint density at radius 2 is 1.77 bits per heavy atom. The molecule has 4 rings (SSSR count). The quantitative estimate of drug-likeness (QED) is 0.344. The highest BCUT2D eigenvalue weighted by Crippen LogP contribution is 2.25. The van der Waals surface area contributed by atoms with E-state index in [9.17, 15) is 4.79 Å². The van der Waals surface area contributed by atoms with Crippen LogP contribution in [0.4, 0.5) is 0 Å². The van der Waals surface area contributed by atoms with E-state index in [1.54, 1.807) is 6.21 Å². The van der Waals surface area contributed by atoms with Gasteiger partial charge in [-0.1, -0.05) is 60.2 Å². The summed E-state index contributed by atoms with van der Waals surface area (Å²) < 4.78 is 5.60. The molecule has 1 heterocycles. The Labute approximate surface area is 181 Å². The van der Waals surface area contributed by atoms with Crippen LogP contribution in [0.2, 0.25) is 0 Å². The second kappa shape index (κ2) is 9.22. The summed E-state index contributed by atoms with van der Waals surface area (Å²) in [6.07, 6.45) is 1.59. The molecule has 0 spiro atoms. The number of hydrogen-bond donors (Lipinski definition) is 1. The van der Waals surface area contributed by atoms with Crippen LogP contribution in [0, 0.1) is 6.92 Å². The Hall–Kier alpha value is -3.99. The van der Waals surface area contributed by atoms with Crippen molar-refractivity contribution in [1.29, 1.82) is 0 Å². The topological polar surface area (TPSA) is 63.6 Å². The molecule has 0 fully saturated rings. The molecule has 0 bridgehead atoms. The van der Waals surface area contributed by atoms with E-state index in [0.717, 1.165) is 33.5 Å². The fourth-order valence-electron chi connectivity index (χ4n) is 3.33. The lowest BCUT2D eigenvalue weighted by Gasteiger charge is -2.09. The summed E-state index contributed by atoms with van der Waals surface area (Å²) in [7, 11) is 0. The number of pyridine rings is 1. The summed E-state index contributed by atoms with van der Waals surface area (Å²) >= 11 is 0. The number of nitrogens with one attached hydrogen (secondary N) is 1. The van der Waals surface area contributed by atoms with Gasteiger partial charge in [0.15, 0.2) is 0 Å². The number of hydrogen-bond acceptors (Lipinski definition) is 4. The molecule has 3 aromatic carbocycles. The molecule has 0 aliphatic carbocycles. The van der Waals surface area contributed by atoms with Crippen molar-refractivity contribution in [2.24, 2.45) is 5.10 Å². The first-order valence-electron chi connectivity index (χ1n) is 10.2. The van der Waals surface area contributed by atoms with Gasteiger partial charge < -0.3 is 4.74 Å². The van der Waals surface area contributed by atoms with E-state index < -0.39 is 0 Å². The molecule has 0 unspecified atom stereocenters. The lowest BCUT2D eigenvalue weighted by Crippen LogP contribution is -2.18. The second-order valence-corrected chi connectivity index (χ2v) is 7.11. The number of benzene rings is 3. The molecule has 0 aliphatic heterocycles. The van der Waals surface area contributed by atoms with E-state index >= 15 is 0 Å². The Morgan fingerprint density at radius 3 is 2.58 bits per heavy atom. The number of amides is 1. The third kappa shape index (κ3) is 4.61. The molecule has 1 amide bonds. The third-order valence-electron chi connectivity index (χ3n) is 4.90. The van der Waals surface area contributed by atoms with E-state index in [1.807, 2.05) is 92.7 Å². The average molecular weight is 409 g/mol. The molecular formula is C26H23N3O2. The number of carbonyl (C=O) groups excluding carboxylic acids is 1. The van der Waals surface area contributed by atoms with Crippen LogP contribution in [0.5, 0.6) is 5.75 Å². The lowest BCUT2D eigenvalue weighted by atomic mass is 10.0. The SMILES string of the molecule is CCOc1ccccc1/C=N\NC(=O)c1cc(-c2ccc(C)cc2)nc2ccccc12. The summed E-state index contributed by atoms with van der Waals surface area (Å²) in [5.41, 5.74) is 7.60. The minimum Gasteiger partial charge on any atom is -0.493 e. The summed E-state index contributed by atoms with van der Waals surface area (Å²) in [4.78, 5) is 17.8. The number of para-hydroxylation sites is 2. The van der Waals surface area contributed by atoms with Gasteiger partial charge >= 0.3 is 0 Å². The van der Waals surface area contributed by atoms with Gasteiger partial charge in [0.05, 0.1) is 29.6 Å². The number of rotatable bonds is 6. The van der Waals surface area contributed by atoms with Gasteiger partial charge in [-0.25, -0.2) is 10.4 Å². The Bertz CT molecular complexity index is 1250. The van der Waals surface area contributed by atoms with E-state index in [2.05, 4.69) is 10.5 Å². The van der Waals surface area contributed by atoms with Crippen LogP contribution in [0.15, 0.2) is 84.0 Å². The molecule has 0 saturated heterocycles. The van der Waals surface area contributed by atoms with Crippen LogP contribution >= 0.6 is 0 Å². The van der Waals surface area contributed by atoms with Crippen LogP contribution in [0.3, 0.4) is 0 Å². The largest absolute Gasteiger partial charge is 0.493 e. The van der Waals surface area contributed by atoms with E-state index in [4.69, 9.17) is 9.72 Å². The van der Waals surface area contributed by atoms with Gasteiger partial charge in [-0.3, -0.25) is 4.79 Å². The van der Waals surface area contributed by atoms with Crippen LogP contribution in [-0.4, -0.2) is 23.7 Å². The molecule has 4 aromatic rings. The Balaban J connectivity index is 1.65. The van der Waals surface area contributed by atoms with Crippen molar-refractivity contribution >= 4 is 23.0 Å². The molecule has 5 nitrogen and oxygen atoms in total. The number of aromatic nitrogens is 1. The summed E-state index contributed by atoms with van der Waals surface area (Å²) in [6.45, 7) is 4.52. The number of nitrogens with zero attached hydrogens (tertiary/aromatic N) is 2. The van der Waals surface area contributed by atoms with E-state index in [-0.39, 0.29) is 5.91 Å². The minimum atomic E-state index is -0.294. The highest BCUT2D eigenvalue weighted by Gasteiger charge is 2.13. The maximum atomic E-state index is 13.0. The number of carbonyl (C=O) groups is 1. The lowest BCUT2D eigenvalue weighted by molar-refractivity contribution is 0.0956. The predicted molar refractivity (Wildman–Crippen MR) is 125 cm³/mol. The smallest absolute Gasteiger partial charge is 0.272 e. The maximum absolute atomic E-state index is 13.0. The van der Waals surface area contributed by atoms with Crippen molar-refractivity contribution < 1.29 is 9.53 Å². The van der Waals surface area contributed by atoms with Crippen LogP contribution in [-0.2, 0) is 0 Å². The molecule has 154 valence electrons. The monoisotopic (exact) mass is 409 g/mol. The van der Waals surface area contributed by atoms with Crippen molar-refractivity contribution in [1.82, 2.24) is 10.4 Å². The van der Waals surface area contributed by atoms with Gasteiger partial charge in [0, 0.05) is 16.5 Å². The van der Waals surface area contributed by atoms with Gasteiger partial charge in [0.2, 0.25) is 0 Å². The predicted octanol–water partition coefficient (Wildman–Crippen LogP) is 5.37. The van der Waals surface area contributed by atoms with Crippen molar-refractivity contribution in [3.05, 3.63) is 95.6 Å². The summed E-state index contributed by atoms with van der Waals surface area (Å²) in [6, 6.07) is 25.1. The molecule has 0 aliphatic rings. The highest BCUT2D eigenvalue weighted by molar-refractivity contribution is 6.07. The average Bonchev–Trinajstić information content (AvgIpc) is 2.80. The molecule has 1 N–H and O–H groups in total. The van der Waals surface area contributed by atoms with Crippen molar-refractivity contribution in [3.63, 3.8) is 0 Å². The number of fused-ring (bicyclic) bond motifs is 1. The minimum absolute atomic E-state index is 0.294. The standard InChI is InChI=1S/C26H23N3O2/c1-3-31-25-11-7-4-8-20(25)17-27-29-26(30)22-16-24(19-14-12-18(2)13-15-19)28-23-10-6-5-9-21(22)23/h4-17H,3H2,1-2H3,(H,29,30)/b27-17-.